The van der Waals surface area contributed by atoms with Crippen molar-refractivity contribution in [3.63, 3.8) is 0 Å². The van der Waals surface area contributed by atoms with Crippen LogP contribution >= 0.6 is 0 Å². The monoisotopic (exact) mass is 372 g/mol. The first-order valence-electron chi connectivity index (χ1n) is 9.13. The van der Waals surface area contributed by atoms with Crippen molar-refractivity contribution in [1.29, 1.82) is 0 Å². The minimum Gasteiger partial charge on any atom is -0.355 e. The van der Waals surface area contributed by atoms with Crippen LogP contribution in [0, 0.1) is 13.8 Å². The summed E-state index contributed by atoms with van der Waals surface area (Å²) < 4.78 is 1.62. The normalized spacial score (nSPS) is 17.0. The summed E-state index contributed by atoms with van der Waals surface area (Å²) in [5, 5.41) is 7.94. The summed E-state index contributed by atoms with van der Waals surface area (Å²) in [4.78, 5) is 28.0. The maximum absolute atomic E-state index is 12.9. The maximum atomic E-state index is 12.9. The van der Waals surface area contributed by atoms with E-state index in [1.54, 1.807) is 29.9 Å². The third-order valence-electron chi connectivity index (χ3n) is 5.14. The number of anilines is 1. The number of hydrogen-bond acceptors (Lipinski definition) is 7. The van der Waals surface area contributed by atoms with Crippen molar-refractivity contribution in [2.24, 2.45) is 7.05 Å². The second-order valence-electron chi connectivity index (χ2n) is 7.48. The Morgan fingerprint density at radius 1 is 1.26 bits per heavy atom. The molecule has 1 fully saturated rings. The molecule has 9 heteroatoms. The van der Waals surface area contributed by atoms with E-state index in [2.05, 4.69) is 44.2 Å². The Labute approximate surface area is 160 Å². The minimum atomic E-state index is -0.214. The van der Waals surface area contributed by atoms with Crippen LogP contribution in [0.3, 0.4) is 0 Å². The van der Waals surface area contributed by atoms with Crippen LogP contribution in [-0.2, 0) is 13.6 Å². The molecule has 9 nitrogen and oxygen atoms in total. The lowest BCUT2D eigenvalue weighted by Crippen LogP contribution is -2.33. The van der Waals surface area contributed by atoms with Gasteiger partial charge in [0.15, 0.2) is 0 Å². The van der Waals surface area contributed by atoms with Gasteiger partial charge in [-0.3, -0.25) is 9.48 Å². The van der Waals surface area contributed by atoms with Gasteiger partial charge in [0.1, 0.15) is 11.5 Å². The van der Waals surface area contributed by atoms with Crippen molar-refractivity contribution in [2.75, 3.05) is 39.1 Å². The predicted molar refractivity (Wildman–Crippen MR) is 103 cm³/mol. The maximum Gasteiger partial charge on any atom is 0.291 e. The van der Waals surface area contributed by atoms with E-state index in [1.807, 2.05) is 13.8 Å². The van der Waals surface area contributed by atoms with Crippen molar-refractivity contribution in [3.8, 4) is 0 Å². The second kappa shape index (κ2) is 7.59. The zero-order valence-corrected chi connectivity index (χ0v) is 17.0. The Kier molecular flexibility index (Phi) is 5.41. The molecule has 1 aliphatic rings. The Bertz CT molecular complexity index is 831. The molecule has 2 aromatic rings. The summed E-state index contributed by atoms with van der Waals surface area (Å²) in [6.45, 7) is 6.16. The molecule has 0 bridgehead atoms. The fourth-order valence-corrected chi connectivity index (χ4v) is 3.33. The van der Waals surface area contributed by atoms with E-state index < -0.39 is 0 Å². The van der Waals surface area contributed by atoms with Crippen LogP contribution in [0.25, 0.3) is 0 Å². The molecule has 27 heavy (non-hydrogen) atoms. The van der Waals surface area contributed by atoms with E-state index in [0.717, 1.165) is 42.3 Å². The molecule has 3 heterocycles. The molecule has 0 radical (unpaired) electrons. The minimum absolute atomic E-state index is 0.214. The molecule has 146 valence electrons. The number of aromatic nitrogens is 5. The molecule has 0 aromatic carbocycles. The SMILES string of the molecule is Cc1nc(C(=O)N(C)Cc2cn(C)nn2)nc(N2CC[C@@H](N(C)C)C2)c1C. The highest BCUT2D eigenvalue weighted by Crippen LogP contribution is 2.25. The van der Waals surface area contributed by atoms with Crippen molar-refractivity contribution >= 4 is 11.7 Å². The standard InChI is InChI=1S/C18H28N8O/c1-12-13(2)19-16(18(27)24(5)9-14-10-25(6)22-21-14)20-17(12)26-8-7-15(11-26)23(3)4/h10,15H,7-9,11H2,1-6H3/t15-/m1/s1. The first-order chi connectivity index (χ1) is 12.8. The van der Waals surface area contributed by atoms with Crippen LogP contribution in [0.1, 0.15) is 34.0 Å². The number of rotatable bonds is 5. The predicted octanol–water partition coefficient (Wildman–Crippen LogP) is 0.634. The number of hydrogen-bond donors (Lipinski definition) is 0. The lowest BCUT2D eigenvalue weighted by atomic mass is 10.2. The van der Waals surface area contributed by atoms with Crippen LogP contribution in [0.4, 0.5) is 5.82 Å². The second-order valence-corrected chi connectivity index (χ2v) is 7.48. The molecule has 0 unspecified atom stereocenters. The Morgan fingerprint density at radius 3 is 2.59 bits per heavy atom. The van der Waals surface area contributed by atoms with Crippen LogP contribution in [-0.4, -0.2) is 80.9 Å². The van der Waals surface area contributed by atoms with Gasteiger partial charge in [-0.1, -0.05) is 5.21 Å². The van der Waals surface area contributed by atoms with Gasteiger partial charge in [-0.2, -0.15) is 0 Å². The van der Waals surface area contributed by atoms with Crippen LogP contribution in [0.15, 0.2) is 6.20 Å². The van der Waals surface area contributed by atoms with Crippen molar-refractivity contribution in [1.82, 2.24) is 34.8 Å². The van der Waals surface area contributed by atoms with Crippen molar-refractivity contribution < 1.29 is 4.79 Å². The molecule has 0 saturated carbocycles. The van der Waals surface area contributed by atoms with E-state index in [9.17, 15) is 4.79 Å². The highest BCUT2D eigenvalue weighted by Gasteiger charge is 2.28. The quantitative estimate of drug-likeness (QED) is 0.761. The number of likely N-dealkylation sites (N-methyl/N-ethyl adjacent to an activating group) is 1. The van der Waals surface area contributed by atoms with E-state index in [4.69, 9.17) is 0 Å². The Morgan fingerprint density at radius 2 is 2.00 bits per heavy atom. The van der Waals surface area contributed by atoms with E-state index in [1.165, 1.54) is 0 Å². The number of aryl methyl sites for hydroxylation is 2. The van der Waals surface area contributed by atoms with Gasteiger partial charge in [-0.15, -0.1) is 5.10 Å². The summed E-state index contributed by atoms with van der Waals surface area (Å²) in [6.07, 6.45) is 2.88. The highest BCUT2D eigenvalue weighted by atomic mass is 16.2. The number of nitrogens with zero attached hydrogens (tertiary/aromatic N) is 8. The molecule has 1 aliphatic heterocycles. The average Bonchev–Trinajstić information content (AvgIpc) is 3.25. The average molecular weight is 372 g/mol. The van der Waals surface area contributed by atoms with Crippen LogP contribution in [0.2, 0.25) is 0 Å². The molecular weight excluding hydrogens is 344 g/mol. The van der Waals surface area contributed by atoms with Gasteiger partial charge < -0.3 is 14.7 Å². The highest BCUT2D eigenvalue weighted by molar-refractivity contribution is 5.90. The first kappa shape index (κ1) is 19.2. The number of amides is 1. The molecule has 1 atom stereocenters. The van der Waals surface area contributed by atoms with Crippen molar-refractivity contribution in [3.05, 3.63) is 29.0 Å². The fourth-order valence-electron chi connectivity index (χ4n) is 3.33. The van der Waals surface area contributed by atoms with Gasteiger partial charge >= 0.3 is 0 Å². The molecule has 2 aromatic heterocycles. The largest absolute Gasteiger partial charge is 0.355 e. The van der Waals surface area contributed by atoms with Gasteiger partial charge in [0.05, 0.1) is 6.54 Å². The molecule has 0 spiro atoms. The number of carbonyl (C=O) groups excluding carboxylic acids is 1. The van der Waals surface area contributed by atoms with E-state index >= 15 is 0 Å². The first-order valence-corrected chi connectivity index (χ1v) is 9.13. The summed E-state index contributed by atoms with van der Waals surface area (Å²) in [7, 11) is 7.73. The lowest BCUT2D eigenvalue weighted by Gasteiger charge is -2.23. The Balaban J connectivity index is 1.81. The van der Waals surface area contributed by atoms with Crippen LogP contribution < -0.4 is 4.90 Å². The lowest BCUT2D eigenvalue weighted by molar-refractivity contribution is 0.0771. The van der Waals surface area contributed by atoms with Gasteiger partial charge in [0, 0.05) is 50.7 Å². The summed E-state index contributed by atoms with van der Waals surface area (Å²) in [6, 6.07) is 0.498. The number of carbonyl (C=O) groups is 1. The Hall–Kier alpha value is -2.55. The summed E-state index contributed by atoms with van der Waals surface area (Å²) >= 11 is 0. The smallest absolute Gasteiger partial charge is 0.291 e. The van der Waals surface area contributed by atoms with Gasteiger partial charge in [0.2, 0.25) is 5.82 Å². The van der Waals surface area contributed by atoms with Gasteiger partial charge in [0.25, 0.3) is 5.91 Å². The topological polar surface area (TPSA) is 83.3 Å². The van der Waals surface area contributed by atoms with Crippen molar-refractivity contribution in [2.45, 2.75) is 32.9 Å². The third kappa shape index (κ3) is 4.08. The van der Waals surface area contributed by atoms with E-state index in [0.29, 0.717) is 12.6 Å². The summed E-state index contributed by atoms with van der Waals surface area (Å²) in [5.74, 6) is 0.879. The molecule has 3 rings (SSSR count). The molecule has 0 N–H and O–H groups in total. The summed E-state index contributed by atoms with van der Waals surface area (Å²) in [5.41, 5.74) is 2.60. The van der Waals surface area contributed by atoms with Gasteiger partial charge in [-0.25, -0.2) is 9.97 Å². The molecule has 1 amide bonds. The fraction of sp³-hybridized carbons (Fsp3) is 0.611. The zero-order valence-electron chi connectivity index (χ0n) is 17.0. The van der Waals surface area contributed by atoms with Crippen LogP contribution in [0.5, 0.6) is 0 Å². The molecule has 0 aliphatic carbocycles. The zero-order chi connectivity index (χ0) is 19.7. The molecular formula is C18H28N8O. The van der Waals surface area contributed by atoms with E-state index in [-0.39, 0.29) is 11.7 Å². The third-order valence-corrected chi connectivity index (χ3v) is 5.14. The molecule has 1 saturated heterocycles. The van der Waals surface area contributed by atoms with Gasteiger partial charge in [-0.05, 0) is 34.4 Å².